The van der Waals surface area contributed by atoms with E-state index in [1.54, 1.807) is 0 Å². The molecule has 0 radical (unpaired) electrons. The standard InChI is InChI=1S/C9H11Br2NOS/c1-6(4-5-10)12-9(13)7-2-3-8(11)14-7/h2-3,6H,4-5H2,1H3,(H,12,13). The second-order valence-electron chi connectivity index (χ2n) is 2.96. The molecule has 0 aromatic carbocycles. The molecule has 0 saturated heterocycles. The van der Waals surface area contributed by atoms with E-state index in [-0.39, 0.29) is 11.9 Å². The van der Waals surface area contributed by atoms with Gasteiger partial charge >= 0.3 is 0 Å². The molecule has 14 heavy (non-hydrogen) atoms. The van der Waals surface area contributed by atoms with Crippen LogP contribution in [0.25, 0.3) is 0 Å². The van der Waals surface area contributed by atoms with Gasteiger partial charge < -0.3 is 5.32 Å². The largest absolute Gasteiger partial charge is 0.349 e. The maximum atomic E-state index is 11.6. The highest BCUT2D eigenvalue weighted by molar-refractivity contribution is 9.11. The predicted molar refractivity (Wildman–Crippen MR) is 67.4 cm³/mol. The highest BCUT2D eigenvalue weighted by Crippen LogP contribution is 2.21. The summed E-state index contributed by atoms with van der Waals surface area (Å²) >= 11 is 8.12. The Morgan fingerprint density at radius 2 is 2.36 bits per heavy atom. The molecule has 0 fully saturated rings. The molecule has 2 nitrogen and oxygen atoms in total. The number of amides is 1. The van der Waals surface area contributed by atoms with Crippen LogP contribution in [0.2, 0.25) is 0 Å². The van der Waals surface area contributed by atoms with Crippen LogP contribution in [-0.4, -0.2) is 17.3 Å². The summed E-state index contributed by atoms with van der Waals surface area (Å²) in [4.78, 5) is 12.4. The summed E-state index contributed by atoms with van der Waals surface area (Å²) in [6.45, 7) is 2.00. The molecule has 1 unspecified atom stereocenters. The van der Waals surface area contributed by atoms with E-state index in [1.165, 1.54) is 11.3 Å². The fourth-order valence-electron chi connectivity index (χ4n) is 0.967. The number of thiophene rings is 1. The lowest BCUT2D eigenvalue weighted by Crippen LogP contribution is -2.32. The molecule has 0 aliphatic heterocycles. The van der Waals surface area contributed by atoms with Crippen molar-refractivity contribution in [2.45, 2.75) is 19.4 Å². The molecule has 0 saturated carbocycles. The summed E-state index contributed by atoms with van der Waals surface area (Å²) in [7, 11) is 0. The molecular weight excluding hydrogens is 330 g/mol. The predicted octanol–water partition coefficient (Wildman–Crippen LogP) is 3.41. The summed E-state index contributed by atoms with van der Waals surface area (Å²) in [6, 6.07) is 3.92. The third kappa shape index (κ3) is 3.71. The van der Waals surface area contributed by atoms with Crippen LogP contribution in [0.15, 0.2) is 15.9 Å². The fourth-order valence-corrected chi connectivity index (χ4v) is 2.94. The molecule has 1 aromatic heterocycles. The number of rotatable bonds is 4. The zero-order chi connectivity index (χ0) is 10.6. The SMILES string of the molecule is CC(CCBr)NC(=O)c1ccc(Br)s1. The maximum absolute atomic E-state index is 11.6. The molecule has 1 heterocycles. The summed E-state index contributed by atoms with van der Waals surface area (Å²) in [5.41, 5.74) is 0. The minimum Gasteiger partial charge on any atom is -0.349 e. The lowest BCUT2D eigenvalue weighted by Gasteiger charge is -2.10. The van der Waals surface area contributed by atoms with Crippen LogP contribution in [0.5, 0.6) is 0 Å². The fraction of sp³-hybridized carbons (Fsp3) is 0.444. The van der Waals surface area contributed by atoms with Crippen molar-refractivity contribution in [2.75, 3.05) is 5.33 Å². The lowest BCUT2D eigenvalue weighted by atomic mass is 10.2. The van der Waals surface area contributed by atoms with E-state index in [1.807, 2.05) is 19.1 Å². The van der Waals surface area contributed by atoms with Gasteiger partial charge in [0.05, 0.1) is 8.66 Å². The van der Waals surface area contributed by atoms with E-state index < -0.39 is 0 Å². The van der Waals surface area contributed by atoms with Crippen molar-refractivity contribution in [2.24, 2.45) is 0 Å². The molecule has 0 bridgehead atoms. The average Bonchev–Trinajstić information content (AvgIpc) is 2.52. The Morgan fingerprint density at radius 1 is 1.64 bits per heavy atom. The first-order valence-electron chi connectivity index (χ1n) is 4.25. The van der Waals surface area contributed by atoms with Crippen LogP contribution in [-0.2, 0) is 0 Å². The molecule has 1 atom stereocenters. The Morgan fingerprint density at radius 3 is 2.86 bits per heavy atom. The van der Waals surface area contributed by atoms with Gasteiger partial charge in [-0.1, -0.05) is 15.9 Å². The zero-order valence-corrected chi connectivity index (χ0v) is 11.7. The first kappa shape index (κ1) is 12.2. The van der Waals surface area contributed by atoms with Crippen LogP contribution >= 0.6 is 43.2 Å². The van der Waals surface area contributed by atoms with E-state index >= 15 is 0 Å². The molecule has 0 aliphatic carbocycles. The number of alkyl halides is 1. The highest BCUT2D eigenvalue weighted by atomic mass is 79.9. The Bertz CT molecular complexity index is 314. The quantitative estimate of drug-likeness (QED) is 0.836. The monoisotopic (exact) mass is 339 g/mol. The number of nitrogens with one attached hydrogen (secondary N) is 1. The maximum Gasteiger partial charge on any atom is 0.261 e. The van der Waals surface area contributed by atoms with E-state index in [2.05, 4.69) is 37.2 Å². The van der Waals surface area contributed by atoms with Crippen molar-refractivity contribution in [3.63, 3.8) is 0 Å². The van der Waals surface area contributed by atoms with Crippen molar-refractivity contribution in [1.29, 1.82) is 0 Å². The average molecular weight is 341 g/mol. The minimum absolute atomic E-state index is 0.00847. The van der Waals surface area contributed by atoms with Crippen LogP contribution < -0.4 is 5.32 Å². The van der Waals surface area contributed by atoms with Gasteiger partial charge in [-0.15, -0.1) is 11.3 Å². The van der Waals surface area contributed by atoms with Crippen LogP contribution in [0, 0.1) is 0 Å². The molecular formula is C9H11Br2NOS. The molecule has 1 aromatic rings. The van der Waals surface area contributed by atoms with Crippen molar-refractivity contribution in [1.82, 2.24) is 5.32 Å². The molecule has 1 rings (SSSR count). The summed E-state index contributed by atoms with van der Waals surface area (Å²) in [6.07, 6.45) is 0.943. The second-order valence-corrected chi connectivity index (χ2v) is 6.21. The number of halogens is 2. The highest BCUT2D eigenvalue weighted by Gasteiger charge is 2.10. The molecule has 1 N–H and O–H groups in total. The van der Waals surface area contributed by atoms with Gasteiger partial charge in [0.25, 0.3) is 5.91 Å². The van der Waals surface area contributed by atoms with Crippen molar-refractivity contribution in [3.8, 4) is 0 Å². The van der Waals surface area contributed by atoms with Gasteiger partial charge in [0.2, 0.25) is 0 Å². The van der Waals surface area contributed by atoms with Gasteiger partial charge in [-0.2, -0.15) is 0 Å². The Balaban J connectivity index is 2.50. The Kier molecular flexibility index (Phi) is 5.12. The zero-order valence-electron chi connectivity index (χ0n) is 7.72. The third-order valence-electron chi connectivity index (χ3n) is 1.72. The Labute approximate surface area is 104 Å². The minimum atomic E-state index is 0.00847. The van der Waals surface area contributed by atoms with E-state index in [0.29, 0.717) is 0 Å². The van der Waals surface area contributed by atoms with Gasteiger partial charge in [0, 0.05) is 11.4 Å². The van der Waals surface area contributed by atoms with E-state index in [4.69, 9.17) is 0 Å². The van der Waals surface area contributed by atoms with Crippen LogP contribution in [0.4, 0.5) is 0 Å². The summed E-state index contributed by atoms with van der Waals surface area (Å²) < 4.78 is 0.982. The van der Waals surface area contributed by atoms with Crippen LogP contribution in [0.3, 0.4) is 0 Å². The number of hydrogen-bond donors (Lipinski definition) is 1. The second kappa shape index (κ2) is 5.88. The number of hydrogen-bond acceptors (Lipinski definition) is 2. The van der Waals surface area contributed by atoms with Crippen molar-refractivity contribution < 1.29 is 4.79 Å². The van der Waals surface area contributed by atoms with Gasteiger partial charge in [0.15, 0.2) is 0 Å². The van der Waals surface area contributed by atoms with Gasteiger partial charge in [-0.3, -0.25) is 4.79 Å². The van der Waals surface area contributed by atoms with Crippen LogP contribution in [0.1, 0.15) is 23.0 Å². The first-order valence-corrected chi connectivity index (χ1v) is 6.98. The summed E-state index contributed by atoms with van der Waals surface area (Å²) in [5.74, 6) is 0.00847. The van der Waals surface area contributed by atoms with E-state index in [0.717, 1.165) is 20.4 Å². The van der Waals surface area contributed by atoms with Gasteiger partial charge in [-0.05, 0) is 41.4 Å². The number of carbonyl (C=O) groups is 1. The van der Waals surface area contributed by atoms with Gasteiger partial charge in [-0.25, -0.2) is 0 Å². The lowest BCUT2D eigenvalue weighted by molar-refractivity contribution is 0.0943. The topological polar surface area (TPSA) is 29.1 Å². The number of carbonyl (C=O) groups excluding carboxylic acids is 1. The smallest absolute Gasteiger partial charge is 0.261 e. The van der Waals surface area contributed by atoms with Crippen molar-refractivity contribution >= 4 is 49.1 Å². The van der Waals surface area contributed by atoms with Crippen molar-refractivity contribution in [3.05, 3.63) is 20.8 Å². The molecule has 0 aliphatic rings. The molecule has 0 spiro atoms. The molecule has 78 valence electrons. The van der Waals surface area contributed by atoms with Gasteiger partial charge in [0.1, 0.15) is 0 Å². The first-order chi connectivity index (χ1) is 6.63. The Hall–Kier alpha value is 0.130. The molecule has 1 amide bonds. The molecule has 5 heteroatoms. The summed E-state index contributed by atoms with van der Waals surface area (Å²) in [5, 5.41) is 3.84. The van der Waals surface area contributed by atoms with E-state index in [9.17, 15) is 4.79 Å². The third-order valence-corrected chi connectivity index (χ3v) is 3.80. The normalized spacial score (nSPS) is 12.5.